The number of furan rings is 1. The average Bonchev–Trinajstić information content (AvgIpc) is 3.17. The van der Waals surface area contributed by atoms with E-state index < -0.39 is 0 Å². The Morgan fingerprint density at radius 2 is 2.30 bits per heavy atom. The van der Waals surface area contributed by atoms with Gasteiger partial charge in [0.25, 0.3) is 0 Å². The number of aromatic nitrogens is 2. The molecular weight excluding hydrogens is 258 g/mol. The van der Waals surface area contributed by atoms with Crippen LogP contribution in [0.15, 0.2) is 35.4 Å². The van der Waals surface area contributed by atoms with Crippen molar-refractivity contribution in [1.29, 1.82) is 0 Å². The van der Waals surface area contributed by atoms with Crippen LogP contribution in [0.4, 0.5) is 0 Å². The van der Waals surface area contributed by atoms with Gasteiger partial charge in [0.2, 0.25) is 5.91 Å². The second-order valence-corrected chi connectivity index (χ2v) is 4.64. The molecule has 0 unspecified atom stereocenters. The third-order valence-electron chi connectivity index (χ3n) is 3.30. The molecule has 1 saturated heterocycles. The topological polar surface area (TPSA) is 77.3 Å². The maximum atomic E-state index is 12.0. The van der Waals surface area contributed by atoms with Crippen LogP contribution in [0.3, 0.4) is 0 Å². The number of rotatable bonds is 4. The van der Waals surface area contributed by atoms with Crippen molar-refractivity contribution in [2.75, 3.05) is 13.2 Å². The lowest BCUT2D eigenvalue weighted by atomic mass is 10.1. The second-order valence-electron chi connectivity index (χ2n) is 4.64. The standard InChI is InChI=1S/C14H15N3O3/c18-14(11-2-6-20-9-11)17-7-12-13(16-4-3-15-12)10-1-5-19-8-10/h1,3-5,8,11H,2,6-7,9H2,(H,17,18)/t11-/m0/s1. The van der Waals surface area contributed by atoms with Crippen molar-refractivity contribution in [2.24, 2.45) is 5.92 Å². The summed E-state index contributed by atoms with van der Waals surface area (Å²) in [6.45, 7) is 1.51. The first kappa shape index (κ1) is 12.8. The Morgan fingerprint density at radius 1 is 1.40 bits per heavy atom. The van der Waals surface area contributed by atoms with Gasteiger partial charge in [-0.25, -0.2) is 0 Å². The lowest BCUT2D eigenvalue weighted by Crippen LogP contribution is -2.31. The summed E-state index contributed by atoms with van der Waals surface area (Å²) in [6.07, 6.45) is 7.21. The van der Waals surface area contributed by atoms with E-state index in [2.05, 4.69) is 15.3 Å². The SMILES string of the molecule is O=C(NCc1nccnc1-c1ccoc1)[C@H]1CCOC1. The summed E-state index contributed by atoms with van der Waals surface area (Å²) in [4.78, 5) is 20.5. The zero-order valence-electron chi connectivity index (χ0n) is 10.9. The molecule has 1 N–H and O–H groups in total. The fraction of sp³-hybridized carbons (Fsp3) is 0.357. The van der Waals surface area contributed by atoms with Crippen LogP contribution in [0, 0.1) is 5.92 Å². The van der Waals surface area contributed by atoms with Gasteiger partial charge in [0.05, 0.1) is 43.0 Å². The highest BCUT2D eigenvalue weighted by atomic mass is 16.5. The van der Waals surface area contributed by atoms with Gasteiger partial charge in [-0.15, -0.1) is 0 Å². The van der Waals surface area contributed by atoms with Crippen LogP contribution in [0.5, 0.6) is 0 Å². The van der Waals surface area contributed by atoms with Crippen LogP contribution < -0.4 is 5.32 Å². The number of hydrogen-bond donors (Lipinski definition) is 1. The fourth-order valence-corrected chi connectivity index (χ4v) is 2.19. The molecule has 1 aliphatic heterocycles. The molecule has 6 nitrogen and oxygen atoms in total. The number of carbonyl (C=O) groups excluding carboxylic acids is 1. The van der Waals surface area contributed by atoms with E-state index in [4.69, 9.17) is 9.15 Å². The monoisotopic (exact) mass is 273 g/mol. The molecule has 6 heteroatoms. The third kappa shape index (κ3) is 2.70. The number of amides is 1. The molecule has 3 rings (SSSR count). The predicted molar refractivity (Wildman–Crippen MR) is 70.5 cm³/mol. The van der Waals surface area contributed by atoms with Crippen molar-refractivity contribution in [1.82, 2.24) is 15.3 Å². The van der Waals surface area contributed by atoms with E-state index >= 15 is 0 Å². The molecule has 0 saturated carbocycles. The van der Waals surface area contributed by atoms with Crippen molar-refractivity contribution >= 4 is 5.91 Å². The highest BCUT2D eigenvalue weighted by molar-refractivity contribution is 5.79. The third-order valence-corrected chi connectivity index (χ3v) is 3.30. The Morgan fingerprint density at radius 3 is 3.05 bits per heavy atom. The van der Waals surface area contributed by atoms with E-state index in [0.717, 1.165) is 23.4 Å². The van der Waals surface area contributed by atoms with Crippen LogP contribution in [0.25, 0.3) is 11.3 Å². The van der Waals surface area contributed by atoms with Gasteiger partial charge >= 0.3 is 0 Å². The molecule has 2 aromatic rings. The maximum Gasteiger partial charge on any atom is 0.225 e. The molecule has 0 radical (unpaired) electrons. The Bertz CT molecular complexity index is 577. The van der Waals surface area contributed by atoms with Crippen molar-refractivity contribution in [2.45, 2.75) is 13.0 Å². The summed E-state index contributed by atoms with van der Waals surface area (Å²) >= 11 is 0. The number of hydrogen-bond acceptors (Lipinski definition) is 5. The Labute approximate surface area is 116 Å². The lowest BCUT2D eigenvalue weighted by Gasteiger charge is -2.10. The summed E-state index contributed by atoms with van der Waals surface area (Å²) in [5.74, 6) is -0.0460. The minimum Gasteiger partial charge on any atom is -0.472 e. The summed E-state index contributed by atoms with van der Waals surface area (Å²) in [5, 5.41) is 2.89. The van der Waals surface area contributed by atoms with Gasteiger partial charge in [-0.1, -0.05) is 0 Å². The van der Waals surface area contributed by atoms with E-state index in [0.29, 0.717) is 19.8 Å². The summed E-state index contributed by atoms with van der Waals surface area (Å²) < 4.78 is 10.3. The fourth-order valence-electron chi connectivity index (χ4n) is 2.19. The molecule has 20 heavy (non-hydrogen) atoms. The minimum absolute atomic E-state index is 0.00583. The Hall–Kier alpha value is -2.21. The molecule has 1 aliphatic rings. The van der Waals surface area contributed by atoms with Crippen molar-refractivity contribution in [3.05, 3.63) is 36.7 Å². The summed E-state index contributed by atoms with van der Waals surface area (Å²) in [6, 6.07) is 1.82. The zero-order chi connectivity index (χ0) is 13.8. The van der Waals surface area contributed by atoms with Gasteiger partial charge in [-0.3, -0.25) is 14.8 Å². The van der Waals surface area contributed by atoms with E-state index in [1.165, 1.54) is 0 Å². The molecule has 0 aliphatic carbocycles. The van der Waals surface area contributed by atoms with Gasteiger partial charge in [0.1, 0.15) is 0 Å². The summed E-state index contributed by atoms with van der Waals surface area (Å²) in [5.41, 5.74) is 2.30. The summed E-state index contributed by atoms with van der Waals surface area (Å²) in [7, 11) is 0. The number of nitrogens with zero attached hydrogens (tertiary/aromatic N) is 2. The highest BCUT2D eigenvalue weighted by Crippen LogP contribution is 2.20. The molecule has 104 valence electrons. The van der Waals surface area contributed by atoms with Crippen LogP contribution in [-0.2, 0) is 16.1 Å². The quantitative estimate of drug-likeness (QED) is 0.910. The Kier molecular flexibility index (Phi) is 3.73. The number of carbonyl (C=O) groups is 1. The molecule has 1 fully saturated rings. The number of nitrogens with one attached hydrogen (secondary N) is 1. The lowest BCUT2D eigenvalue weighted by molar-refractivity contribution is -0.125. The normalized spacial score (nSPS) is 18.1. The van der Waals surface area contributed by atoms with Crippen LogP contribution >= 0.6 is 0 Å². The minimum atomic E-state index is -0.0518. The van der Waals surface area contributed by atoms with Gasteiger partial charge in [0.15, 0.2) is 0 Å². The highest BCUT2D eigenvalue weighted by Gasteiger charge is 2.23. The molecule has 1 amide bonds. The van der Waals surface area contributed by atoms with Gasteiger partial charge < -0.3 is 14.5 Å². The van der Waals surface area contributed by atoms with Crippen molar-refractivity contribution in [3.8, 4) is 11.3 Å². The van der Waals surface area contributed by atoms with Crippen molar-refractivity contribution < 1.29 is 13.9 Å². The van der Waals surface area contributed by atoms with E-state index in [1.807, 2.05) is 6.07 Å². The van der Waals surface area contributed by atoms with Gasteiger partial charge in [0, 0.05) is 24.6 Å². The van der Waals surface area contributed by atoms with Gasteiger partial charge in [-0.05, 0) is 12.5 Å². The predicted octanol–water partition coefficient (Wildman–Crippen LogP) is 1.39. The van der Waals surface area contributed by atoms with Crippen LogP contribution in [-0.4, -0.2) is 29.1 Å². The molecule has 0 bridgehead atoms. The van der Waals surface area contributed by atoms with Crippen molar-refractivity contribution in [3.63, 3.8) is 0 Å². The van der Waals surface area contributed by atoms with E-state index in [1.54, 1.807) is 24.9 Å². The molecular formula is C14H15N3O3. The molecule has 0 spiro atoms. The van der Waals surface area contributed by atoms with Gasteiger partial charge in [-0.2, -0.15) is 0 Å². The molecule has 0 aromatic carbocycles. The number of ether oxygens (including phenoxy) is 1. The van der Waals surface area contributed by atoms with E-state index in [-0.39, 0.29) is 11.8 Å². The average molecular weight is 273 g/mol. The smallest absolute Gasteiger partial charge is 0.225 e. The molecule has 1 atom stereocenters. The second kappa shape index (κ2) is 5.83. The van der Waals surface area contributed by atoms with E-state index in [9.17, 15) is 4.79 Å². The largest absolute Gasteiger partial charge is 0.472 e. The first-order chi connectivity index (χ1) is 9.84. The maximum absolute atomic E-state index is 12.0. The molecule has 3 heterocycles. The molecule has 2 aromatic heterocycles. The first-order valence-corrected chi connectivity index (χ1v) is 6.52. The van der Waals surface area contributed by atoms with Crippen LogP contribution in [0.2, 0.25) is 0 Å². The van der Waals surface area contributed by atoms with Crippen LogP contribution in [0.1, 0.15) is 12.1 Å². The zero-order valence-corrected chi connectivity index (χ0v) is 10.9. The Balaban J connectivity index is 1.70. The first-order valence-electron chi connectivity index (χ1n) is 6.52.